The van der Waals surface area contributed by atoms with Crippen LogP contribution in [0.1, 0.15) is 36.6 Å². The number of hydrogen-bond donors (Lipinski definition) is 1. The van der Waals surface area contributed by atoms with Gasteiger partial charge in [-0.3, -0.25) is 9.69 Å². The van der Waals surface area contributed by atoms with Gasteiger partial charge in [0.15, 0.2) is 0 Å². The van der Waals surface area contributed by atoms with E-state index in [0.29, 0.717) is 6.54 Å². The van der Waals surface area contributed by atoms with E-state index in [2.05, 4.69) is 17.0 Å². The molecule has 0 bridgehead atoms. The van der Waals surface area contributed by atoms with Crippen molar-refractivity contribution in [2.75, 3.05) is 6.54 Å². The lowest BCUT2D eigenvalue weighted by atomic mass is 10.0. The van der Waals surface area contributed by atoms with Crippen LogP contribution in [-0.2, 0) is 11.3 Å². The van der Waals surface area contributed by atoms with Gasteiger partial charge in [-0.15, -0.1) is 0 Å². The van der Waals surface area contributed by atoms with Crippen molar-refractivity contribution in [1.29, 1.82) is 0 Å². The summed E-state index contributed by atoms with van der Waals surface area (Å²) in [5, 5.41) is 9.59. The molecule has 1 amide bonds. The van der Waals surface area contributed by atoms with Gasteiger partial charge in [0, 0.05) is 13.1 Å². The topological polar surface area (TPSA) is 43.8 Å². The molecule has 2 saturated heterocycles. The molecule has 0 aliphatic carbocycles. The van der Waals surface area contributed by atoms with Crippen LogP contribution < -0.4 is 0 Å². The fourth-order valence-electron chi connectivity index (χ4n) is 3.97. The molecule has 4 nitrogen and oxygen atoms in total. The minimum atomic E-state index is -0.0383. The van der Waals surface area contributed by atoms with E-state index in [0.717, 1.165) is 36.9 Å². The van der Waals surface area contributed by atoms with Crippen LogP contribution in [0.2, 0.25) is 0 Å². The number of carbonyl (C=O) groups excluding carboxylic acids is 1. The van der Waals surface area contributed by atoms with Crippen molar-refractivity contribution in [3.63, 3.8) is 0 Å². The van der Waals surface area contributed by atoms with E-state index < -0.39 is 0 Å². The maximum absolute atomic E-state index is 13.0. The number of phenols is 1. The number of carbonyl (C=O) groups is 1. The molecule has 24 heavy (non-hydrogen) atoms. The summed E-state index contributed by atoms with van der Waals surface area (Å²) in [5.74, 6) is 0.490. The highest BCUT2D eigenvalue weighted by molar-refractivity contribution is 5.84. The molecule has 1 N–H and O–H groups in total. The number of hydrogen-bond acceptors (Lipinski definition) is 3. The second-order valence-electron chi connectivity index (χ2n) is 6.67. The van der Waals surface area contributed by atoms with Crippen LogP contribution in [0.4, 0.5) is 0 Å². The summed E-state index contributed by atoms with van der Waals surface area (Å²) in [6.45, 7) is 1.57. The van der Waals surface area contributed by atoms with Gasteiger partial charge in [-0.2, -0.15) is 0 Å². The van der Waals surface area contributed by atoms with Crippen molar-refractivity contribution in [3.05, 3.63) is 65.7 Å². The van der Waals surface area contributed by atoms with Crippen molar-refractivity contribution < 1.29 is 9.90 Å². The van der Waals surface area contributed by atoms with Gasteiger partial charge in [0.2, 0.25) is 5.91 Å². The van der Waals surface area contributed by atoms with Crippen LogP contribution in [0.5, 0.6) is 5.75 Å². The zero-order chi connectivity index (χ0) is 16.5. The Morgan fingerprint density at radius 3 is 2.50 bits per heavy atom. The Morgan fingerprint density at radius 2 is 1.75 bits per heavy atom. The molecule has 4 rings (SSSR count). The Morgan fingerprint density at radius 1 is 1.00 bits per heavy atom. The van der Waals surface area contributed by atoms with Crippen LogP contribution in [0.3, 0.4) is 0 Å². The monoisotopic (exact) mass is 322 g/mol. The quantitative estimate of drug-likeness (QED) is 0.943. The molecule has 2 atom stereocenters. The summed E-state index contributed by atoms with van der Waals surface area (Å²) in [5.41, 5.74) is 2.22. The average molecular weight is 322 g/mol. The van der Waals surface area contributed by atoms with Gasteiger partial charge >= 0.3 is 0 Å². The molecule has 2 aromatic carbocycles. The van der Waals surface area contributed by atoms with E-state index in [1.807, 2.05) is 35.2 Å². The highest BCUT2D eigenvalue weighted by Gasteiger charge is 2.47. The van der Waals surface area contributed by atoms with Crippen molar-refractivity contribution in [2.45, 2.75) is 38.0 Å². The second kappa shape index (κ2) is 6.29. The Bertz CT molecular complexity index is 714. The van der Waals surface area contributed by atoms with Gasteiger partial charge in [0.25, 0.3) is 0 Å². The minimum Gasteiger partial charge on any atom is -0.508 e. The number of aromatic hydroxyl groups is 1. The van der Waals surface area contributed by atoms with Crippen molar-refractivity contribution in [2.24, 2.45) is 0 Å². The standard InChI is InChI=1S/C20H22N2O2/c23-17-11-9-16(10-12-17)19-21-13-5-4-8-18(21)20(24)22(19)14-15-6-2-1-3-7-15/h1-3,6-7,9-12,18-19,23H,4-5,8,13-14H2/t18?,19-/m0/s1. The summed E-state index contributed by atoms with van der Waals surface area (Å²) in [7, 11) is 0. The lowest BCUT2D eigenvalue weighted by molar-refractivity contribution is -0.131. The summed E-state index contributed by atoms with van der Waals surface area (Å²) in [4.78, 5) is 17.4. The van der Waals surface area contributed by atoms with Gasteiger partial charge in [-0.05, 0) is 36.1 Å². The van der Waals surface area contributed by atoms with Crippen molar-refractivity contribution in [1.82, 2.24) is 9.80 Å². The molecular formula is C20H22N2O2. The van der Waals surface area contributed by atoms with Crippen LogP contribution in [0, 0.1) is 0 Å². The number of rotatable bonds is 3. The Labute approximate surface area is 142 Å². The molecule has 4 heteroatoms. The third-order valence-corrected chi connectivity index (χ3v) is 5.11. The summed E-state index contributed by atoms with van der Waals surface area (Å²) in [6.07, 6.45) is 3.16. The lowest BCUT2D eigenvalue weighted by Crippen LogP contribution is -2.38. The normalized spacial score (nSPS) is 24.2. The van der Waals surface area contributed by atoms with Gasteiger partial charge in [0.1, 0.15) is 11.9 Å². The first-order valence-electron chi connectivity index (χ1n) is 8.63. The van der Waals surface area contributed by atoms with Crippen molar-refractivity contribution >= 4 is 5.91 Å². The van der Waals surface area contributed by atoms with E-state index in [1.54, 1.807) is 12.1 Å². The maximum atomic E-state index is 13.0. The molecule has 2 fully saturated rings. The van der Waals surface area contributed by atoms with E-state index in [4.69, 9.17) is 0 Å². The van der Waals surface area contributed by atoms with E-state index >= 15 is 0 Å². The first kappa shape index (κ1) is 15.2. The Hall–Kier alpha value is -2.33. The molecule has 2 heterocycles. The molecule has 0 aromatic heterocycles. The highest BCUT2D eigenvalue weighted by Crippen LogP contribution is 2.39. The predicted octanol–water partition coefficient (Wildman–Crippen LogP) is 3.29. The molecular weight excluding hydrogens is 300 g/mol. The van der Waals surface area contributed by atoms with Gasteiger partial charge < -0.3 is 10.0 Å². The third-order valence-electron chi connectivity index (χ3n) is 5.11. The summed E-state index contributed by atoms with van der Waals surface area (Å²) >= 11 is 0. The fraction of sp³-hybridized carbons (Fsp3) is 0.350. The number of phenolic OH excluding ortho intramolecular Hbond substituents is 1. The summed E-state index contributed by atoms with van der Waals surface area (Å²) in [6, 6.07) is 17.4. The van der Waals surface area contributed by atoms with E-state index in [1.165, 1.54) is 0 Å². The molecule has 124 valence electrons. The number of nitrogens with zero attached hydrogens (tertiary/aromatic N) is 2. The maximum Gasteiger partial charge on any atom is 0.241 e. The number of benzene rings is 2. The number of fused-ring (bicyclic) bond motifs is 1. The number of amides is 1. The minimum absolute atomic E-state index is 0.00117. The smallest absolute Gasteiger partial charge is 0.241 e. The zero-order valence-electron chi connectivity index (χ0n) is 13.6. The Kier molecular flexibility index (Phi) is 3.98. The third kappa shape index (κ3) is 2.67. The SMILES string of the molecule is O=C1C2CCCCN2[C@H](c2ccc(O)cc2)N1Cc1ccccc1. The Balaban J connectivity index is 1.70. The van der Waals surface area contributed by atoms with Crippen LogP contribution >= 0.6 is 0 Å². The first-order valence-corrected chi connectivity index (χ1v) is 8.63. The van der Waals surface area contributed by atoms with Gasteiger partial charge in [-0.1, -0.05) is 48.9 Å². The molecule has 2 aliphatic rings. The zero-order valence-corrected chi connectivity index (χ0v) is 13.6. The molecule has 1 unspecified atom stereocenters. The van der Waals surface area contributed by atoms with Gasteiger partial charge in [0.05, 0.1) is 6.04 Å². The molecule has 0 radical (unpaired) electrons. The van der Waals surface area contributed by atoms with E-state index in [9.17, 15) is 9.90 Å². The molecule has 0 saturated carbocycles. The fourth-order valence-corrected chi connectivity index (χ4v) is 3.97. The summed E-state index contributed by atoms with van der Waals surface area (Å²) < 4.78 is 0. The van der Waals surface area contributed by atoms with Gasteiger partial charge in [-0.25, -0.2) is 0 Å². The lowest BCUT2D eigenvalue weighted by Gasteiger charge is -2.34. The van der Waals surface area contributed by atoms with Crippen molar-refractivity contribution in [3.8, 4) is 5.75 Å². The highest BCUT2D eigenvalue weighted by atomic mass is 16.3. The average Bonchev–Trinajstić information content (AvgIpc) is 2.89. The first-order chi connectivity index (χ1) is 11.7. The molecule has 0 spiro atoms. The van der Waals surface area contributed by atoms with Crippen LogP contribution in [0.25, 0.3) is 0 Å². The van der Waals surface area contributed by atoms with Crippen LogP contribution in [-0.4, -0.2) is 33.4 Å². The second-order valence-corrected chi connectivity index (χ2v) is 6.67. The predicted molar refractivity (Wildman–Crippen MR) is 92.2 cm³/mol. The van der Waals surface area contributed by atoms with Crippen LogP contribution in [0.15, 0.2) is 54.6 Å². The molecule has 2 aromatic rings. The largest absolute Gasteiger partial charge is 0.508 e. The van der Waals surface area contributed by atoms with E-state index in [-0.39, 0.29) is 23.9 Å². The number of piperidine rings is 1. The molecule has 2 aliphatic heterocycles.